The van der Waals surface area contributed by atoms with E-state index in [4.69, 9.17) is 4.42 Å². The van der Waals surface area contributed by atoms with Crippen LogP contribution in [-0.4, -0.2) is 63.4 Å². The van der Waals surface area contributed by atoms with Gasteiger partial charge in [-0.15, -0.1) is 0 Å². The lowest BCUT2D eigenvalue weighted by Gasteiger charge is -2.39. The van der Waals surface area contributed by atoms with Crippen molar-refractivity contribution >= 4 is 22.6 Å². The van der Waals surface area contributed by atoms with Crippen molar-refractivity contribution in [3.63, 3.8) is 0 Å². The molecule has 0 radical (unpaired) electrons. The Kier molecular flexibility index (Phi) is 5.92. The molecule has 2 aliphatic rings. The number of nitrogens with zero attached hydrogens (tertiary/aromatic N) is 4. The minimum atomic E-state index is -0.767. The lowest BCUT2D eigenvalue weighted by molar-refractivity contribution is 0.133. The Morgan fingerprint density at radius 1 is 1.09 bits per heavy atom. The van der Waals surface area contributed by atoms with Crippen molar-refractivity contribution in [1.82, 2.24) is 25.2 Å². The number of fused-ring (bicyclic) bond motifs is 3. The molecule has 5 heterocycles. The van der Waals surface area contributed by atoms with Crippen molar-refractivity contribution < 1.29 is 18.0 Å². The monoisotopic (exact) mass is 456 g/mol. The van der Waals surface area contributed by atoms with Crippen LogP contribution in [0.5, 0.6) is 0 Å². The minimum absolute atomic E-state index is 0.0208. The largest absolute Gasteiger partial charge is 0.439 e. The maximum atomic E-state index is 13.1. The van der Waals surface area contributed by atoms with Crippen LogP contribution in [0.1, 0.15) is 31.6 Å². The Hall–Kier alpha value is -3.14. The number of oxazole rings is 1. The van der Waals surface area contributed by atoms with E-state index in [0.29, 0.717) is 36.0 Å². The van der Waals surface area contributed by atoms with Gasteiger partial charge >= 0.3 is 6.03 Å². The van der Waals surface area contributed by atoms with Gasteiger partial charge in [-0.2, -0.15) is 0 Å². The predicted octanol–water partition coefficient (Wildman–Crippen LogP) is 4.02. The van der Waals surface area contributed by atoms with Crippen LogP contribution in [0.3, 0.4) is 0 Å². The average Bonchev–Trinajstić information content (AvgIpc) is 3.37. The molecule has 2 fully saturated rings. The van der Waals surface area contributed by atoms with Crippen LogP contribution in [0.2, 0.25) is 0 Å². The van der Waals surface area contributed by atoms with Crippen LogP contribution < -0.4 is 10.6 Å². The molecule has 8 nitrogen and oxygen atoms in total. The molecule has 0 aromatic carbocycles. The zero-order valence-electron chi connectivity index (χ0n) is 18.3. The lowest BCUT2D eigenvalue weighted by atomic mass is 9.97. The number of hydrogen-bond acceptors (Lipinski definition) is 6. The van der Waals surface area contributed by atoms with Gasteiger partial charge < -0.3 is 14.6 Å². The lowest BCUT2D eigenvalue weighted by Crippen LogP contribution is -2.54. The molecule has 10 heteroatoms. The summed E-state index contributed by atoms with van der Waals surface area (Å²) < 4.78 is 31.4. The maximum Gasteiger partial charge on any atom is 0.323 e. The second kappa shape index (κ2) is 9.01. The average molecular weight is 456 g/mol. The van der Waals surface area contributed by atoms with E-state index < -0.39 is 19.4 Å². The highest BCUT2D eigenvalue weighted by Gasteiger charge is 2.43. The summed E-state index contributed by atoms with van der Waals surface area (Å²) in [6.45, 7) is 0.315. The van der Waals surface area contributed by atoms with Gasteiger partial charge in [-0.25, -0.2) is 23.5 Å². The summed E-state index contributed by atoms with van der Waals surface area (Å²) in [6.07, 6.45) is 8.18. The van der Waals surface area contributed by atoms with E-state index in [2.05, 4.69) is 25.6 Å². The van der Waals surface area contributed by atoms with Crippen molar-refractivity contribution in [2.75, 3.05) is 18.7 Å². The van der Waals surface area contributed by atoms with Crippen molar-refractivity contribution in [3.05, 3.63) is 36.6 Å². The first-order valence-corrected chi connectivity index (χ1v) is 11.2. The molecule has 2 N–H and O–H groups in total. The highest BCUT2D eigenvalue weighted by molar-refractivity contribution is 5.92. The number of nitrogens with one attached hydrogen (secondary N) is 2. The topological polar surface area (TPSA) is 96.2 Å². The molecule has 33 heavy (non-hydrogen) atoms. The third-order valence-corrected chi connectivity index (χ3v) is 6.52. The highest BCUT2D eigenvalue weighted by atomic mass is 19.1. The number of halogens is 2. The van der Waals surface area contributed by atoms with Crippen molar-refractivity contribution in [2.45, 2.75) is 56.8 Å². The Bertz CT molecular complexity index is 1140. The SMILES string of the molecule is Cc1ncc(-c2cc3cc(NC(=O)N4[C@@H]5CC[C@H]4C[C@H](NC(CF)CF)C5)ncc3cn2)o1. The first-order valence-electron chi connectivity index (χ1n) is 11.2. The van der Waals surface area contributed by atoms with Gasteiger partial charge in [-0.05, 0) is 43.2 Å². The fraction of sp³-hybridized carbons (Fsp3) is 0.478. The third kappa shape index (κ3) is 4.39. The van der Waals surface area contributed by atoms with Gasteiger partial charge in [0.05, 0.1) is 12.2 Å². The van der Waals surface area contributed by atoms with Crippen LogP contribution in [0.15, 0.2) is 35.1 Å². The second-order valence-electron chi connectivity index (χ2n) is 8.79. The first kappa shape index (κ1) is 21.7. The standard InChI is InChI=1S/C23H26F2N6O2/c1-13-26-12-21(33-13)20-4-14-5-22(28-11-15(14)10-27-20)30-23(32)31-18-2-3-19(31)7-16(6-18)29-17(8-24)9-25/h4-5,10-12,16-19,29H,2-3,6-9H2,1H3,(H,28,30,32)/t16-,18-,19+. The number of piperidine rings is 1. The highest BCUT2D eigenvalue weighted by Crippen LogP contribution is 2.36. The molecular formula is C23H26F2N6O2. The third-order valence-electron chi connectivity index (χ3n) is 6.52. The fourth-order valence-electron chi connectivity index (χ4n) is 5.00. The second-order valence-corrected chi connectivity index (χ2v) is 8.79. The van der Waals surface area contributed by atoms with Crippen LogP contribution >= 0.6 is 0 Å². The van der Waals surface area contributed by atoms with Crippen molar-refractivity contribution in [2.24, 2.45) is 0 Å². The molecule has 2 amide bonds. The molecule has 2 bridgehead atoms. The zero-order valence-corrected chi connectivity index (χ0v) is 18.3. The molecular weight excluding hydrogens is 430 g/mol. The molecule has 3 aromatic rings. The van der Waals surface area contributed by atoms with E-state index in [1.165, 1.54) is 0 Å². The Morgan fingerprint density at radius 2 is 1.82 bits per heavy atom. The first-order chi connectivity index (χ1) is 16.0. The summed E-state index contributed by atoms with van der Waals surface area (Å²) in [4.78, 5) is 27.8. The molecule has 2 aliphatic heterocycles. The van der Waals surface area contributed by atoms with Crippen LogP contribution in [0, 0.1) is 6.92 Å². The molecule has 0 unspecified atom stereocenters. The molecule has 0 spiro atoms. The maximum absolute atomic E-state index is 13.1. The number of anilines is 1. The molecule has 3 aromatic heterocycles. The fourth-order valence-corrected chi connectivity index (χ4v) is 5.00. The number of hydrogen-bond donors (Lipinski definition) is 2. The summed E-state index contributed by atoms with van der Waals surface area (Å²) >= 11 is 0. The number of alkyl halides is 2. The van der Waals surface area contributed by atoms with Gasteiger partial charge in [0, 0.05) is 42.8 Å². The van der Waals surface area contributed by atoms with Gasteiger partial charge in [0.2, 0.25) is 0 Å². The Morgan fingerprint density at radius 3 is 2.48 bits per heavy atom. The molecule has 174 valence electrons. The number of aromatic nitrogens is 3. The number of carbonyl (C=O) groups excluding carboxylic acids is 1. The number of aryl methyl sites for hydroxylation is 1. The van der Waals surface area contributed by atoms with E-state index >= 15 is 0 Å². The molecule has 5 rings (SSSR count). The van der Waals surface area contributed by atoms with Crippen LogP contribution in [0.25, 0.3) is 22.2 Å². The summed E-state index contributed by atoms with van der Waals surface area (Å²) in [7, 11) is 0. The molecule has 3 atom stereocenters. The van der Waals surface area contributed by atoms with Gasteiger partial charge in [-0.1, -0.05) is 0 Å². The van der Waals surface area contributed by atoms with Crippen LogP contribution in [0.4, 0.5) is 19.4 Å². The molecule has 0 saturated carbocycles. The van der Waals surface area contributed by atoms with E-state index in [9.17, 15) is 13.6 Å². The van der Waals surface area contributed by atoms with E-state index in [1.807, 2.05) is 17.0 Å². The summed E-state index contributed by atoms with van der Waals surface area (Å²) in [6, 6.07) is 2.84. The summed E-state index contributed by atoms with van der Waals surface area (Å²) in [5, 5.41) is 7.70. The Labute approximate surface area is 189 Å². The number of rotatable bonds is 6. The van der Waals surface area contributed by atoms with E-state index in [1.54, 1.807) is 25.5 Å². The van der Waals surface area contributed by atoms with Gasteiger partial charge in [0.1, 0.15) is 24.9 Å². The molecule has 0 aliphatic carbocycles. The van der Waals surface area contributed by atoms with E-state index in [0.717, 1.165) is 23.6 Å². The van der Waals surface area contributed by atoms with E-state index in [-0.39, 0.29) is 24.2 Å². The van der Waals surface area contributed by atoms with Crippen LogP contribution in [-0.2, 0) is 0 Å². The van der Waals surface area contributed by atoms with Crippen molar-refractivity contribution in [1.29, 1.82) is 0 Å². The number of urea groups is 1. The quantitative estimate of drug-likeness (QED) is 0.582. The molecule has 2 saturated heterocycles. The van der Waals surface area contributed by atoms with Gasteiger partial charge in [0.25, 0.3) is 0 Å². The van der Waals surface area contributed by atoms with Gasteiger partial charge in [-0.3, -0.25) is 10.3 Å². The number of carbonyl (C=O) groups is 1. The van der Waals surface area contributed by atoms with Crippen molar-refractivity contribution in [3.8, 4) is 11.5 Å². The normalized spacial score (nSPS) is 22.3. The summed E-state index contributed by atoms with van der Waals surface area (Å²) in [5.74, 6) is 1.59. The smallest absolute Gasteiger partial charge is 0.323 e. The predicted molar refractivity (Wildman–Crippen MR) is 119 cm³/mol. The Balaban J connectivity index is 1.29. The number of amides is 2. The minimum Gasteiger partial charge on any atom is -0.439 e. The zero-order chi connectivity index (χ0) is 22.9. The van der Waals surface area contributed by atoms with Gasteiger partial charge in [0.15, 0.2) is 11.7 Å². The number of pyridine rings is 2. The summed E-state index contributed by atoms with van der Waals surface area (Å²) in [5.41, 5.74) is 0.652.